The van der Waals surface area contributed by atoms with Crippen molar-refractivity contribution in [1.29, 1.82) is 0 Å². The molecule has 1 aliphatic rings. The van der Waals surface area contributed by atoms with Gasteiger partial charge in [0.25, 0.3) is 0 Å². The summed E-state index contributed by atoms with van der Waals surface area (Å²) in [7, 11) is 1.75. The van der Waals surface area contributed by atoms with E-state index in [1.165, 1.54) is 6.42 Å². The molecule has 0 radical (unpaired) electrons. The Labute approximate surface area is 111 Å². The van der Waals surface area contributed by atoms with Gasteiger partial charge >= 0.3 is 0 Å². The molecule has 0 aliphatic heterocycles. The summed E-state index contributed by atoms with van der Waals surface area (Å²) in [5, 5.41) is 6.44. The maximum absolute atomic E-state index is 12.0. The van der Waals surface area contributed by atoms with E-state index in [1.54, 1.807) is 7.11 Å². The van der Waals surface area contributed by atoms with Crippen LogP contribution in [-0.2, 0) is 9.53 Å². The first-order chi connectivity index (χ1) is 8.58. The van der Waals surface area contributed by atoms with Crippen molar-refractivity contribution in [3.8, 4) is 0 Å². The fraction of sp³-hybridized carbons (Fsp3) is 0.929. The first-order valence-electron chi connectivity index (χ1n) is 7.17. The molecule has 1 amide bonds. The lowest BCUT2D eigenvalue weighted by molar-refractivity contribution is -0.123. The van der Waals surface area contributed by atoms with Crippen LogP contribution in [0.2, 0.25) is 0 Å². The zero-order chi connectivity index (χ0) is 13.5. The molecular formula is C14H28N2O2. The monoisotopic (exact) mass is 256 g/mol. The van der Waals surface area contributed by atoms with Crippen LogP contribution in [-0.4, -0.2) is 37.2 Å². The highest BCUT2D eigenvalue weighted by molar-refractivity contribution is 5.81. The first kappa shape index (κ1) is 15.4. The summed E-state index contributed by atoms with van der Waals surface area (Å²) in [6.45, 7) is 6.12. The van der Waals surface area contributed by atoms with Gasteiger partial charge in [-0.1, -0.05) is 13.3 Å². The molecule has 1 saturated carbocycles. The molecule has 4 unspecified atom stereocenters. The Morgan fingerprint density at radius 2 is 2.11 bits per heavy atom. The van der Waals surface area contributed by atoms with E-state index in [-0.39, 0.29) is 24.1 Å². The maximum atomic E-state index is 12.0. The largest absolute Gasteiger partial charge is 0.380 e. The lowest BCUT2D eigenvalue weighted by Crippen LogP contribution is -2.50. The van der Waals surface area contributed by atoms with Crippen LogP contribution in [0.3, 0.4) is 0 Å². The third kappa shape index (κ3) is 4.58. The zero-order valence-corrected chi connectivity index (χ0v) is 12.2. The molecule has 2 N–H and O–H groups in total. The fourth-order valence-corrected chi connectivity index (χ4v) is 2.67. The minimum atomic E-state index is -0.148. The third-order valence-electron chi connectivity index (χ3n) is 3.72. The van der Waals surface area contributed by atoms with Gasteiger partial charge in [0.15, 0.2) is 0 Å². The molecule has 1 aliphatic carbocycles. The summed E-state index contributed by atoms with van der Waals surface area (Å²) >= 11 is 0. The lowest BCUT2D eigenvalue weighted by atomic mass is 10.1. The minimum Gasteiger partial charge on any atom is -0.380 e. The van der Waals surface area contributed by atoms with Crippen molar-refractivity contribution in [3.63, 3.8) is 0 Å². The van der Waals surface area contributed by atoms with Crippen molar-refractivity contribution in [2.45, 2.75) is 77.1 Å². The fourth-order valence-electron chi connectivity index (χ4n) is 2.67. The average Bonchev–Trinajstić information content (AvgIpc) is 2.76. The summed E-state index contributed by atoms with van der Waals surface area (Å²) in [4.78, 5) is 12.0. The second-order valence-corrected chi connectivity index (χ2v) is 5.40. The van der Waals surface area contributed by atoms with E-state index in [1.807, 2.05) is 6.92 Å². The molecule has 0 bridgehead atoms. The van der Waals surface area contributed by atoms with Crippen LogP contribution in [0, 0.1) is 0 Å². The van der Waals surface area contributed by atoms with Crippen LogP contribution in [0.4, 0.5) is 0 Å². The Morgan fingerprint density at radius 1 is 1.39 bits per heavy atom. The van der Waals surface area contributed by atoms with Gasteiger partial charge in [-0.15, -0.1) is 0 Å². The summed E-state index contributed by atoms with van der Waals surface area (Å²) in [6, 6.07) is 0.427. The van der Waals surface area contributed by atoms with E-state index in [0.717, 1.165) is 25.7 Å². The standard InChI is InChI=1S/C14H28N2O2/c1-5-7-10(2)15-14(17)11(3)16-12-8-6-9-13(12)18-4/h10-13,16H,5-9H2,1-4H3,(H,15,17). The van der Waals surface area contributed by atoms with Crippen LogP contribution in [0.15, 0.2) is 0 Å². The van der Waals surface area contributed by atoms with Gasteiger partial charge in [0.05, 0.1) is 12.1 Å². The molecule has 0 aromatic carbocycles. The zero-order valence-electron chi connectivity index (χ0n) is 12.2. The van der Waals surface area contributed by atoms with E-state index >= 15 is 0 Å². The van der Waals surface area contributed by atoms with Gasteiger partial charge in [-0.2, -0.15) is 0 Å². The minimum absolute atomic E-state index is 0.0951. The highest BCUT2D eigenvalue weighted by atomic mass is 16.5. The number of methoxy groups -OCH3 is 1. The van der Waals surface area contributed by atoms with Gasteiger partial charge in [-0.3, -0.25) is 4.79 Å². The van der Waals surface area contributed by atoms with Gasteiger partial charge in [0.1, 0.15) is 0 Å². The quantitative estimate of drug-likeness (QED) is 0.731. The Kier molecular flexibility index (Phi) is 6.65. The molecular weight excluding hydrogens is 228 g/mol. The Bertz CT molecular complexity index is 258. The topological polar surface area (TPSA) is 50.4 Å². The molecule has 4 atom stereocenters. The highest BCUT2D eigenvalue weighted by Crippen LogP contribution is 2.21. The van der Waals surface area contributed by atoms with Crippen molar-refractivity contribution in [2.75, 3.05) is 7.11 Å². The number of amides is 1. The van der Waals surface area contributed by atoms with Gasteiger partial charge in [0, 0.05) is 19.2 Å². The number of hydrogen-bond acceptors (Lipinski definition) is 3. The molecule has 18 heavy (non-hydrogen) atoms. The predicted molar refractivity (Wildman–Crippen MR) is 73.5 cm³/mol. The number of rotatable bonds is 7. The molecule has 4 heteroatoms. The SMILES string of the molecule is CCCC(C)NC(=O)C(C)NC1CCCC1OC. The second kappa shape index (κ2) is 7.74. The molecule has 0 saturated heterocycles. The molecule has 1 fully saturated rings. The van der Waals surface area contributed by atoms with E-state index in [4.69, 9.17) is 4.74 Å². The van der Waals surface area contributed by atoms with Crippen LogP contribution in [0.25, 0.3) is 0 Å². The molecule has 106 valence electrons. The summed E-state index contributed by atoms with van der Waals surface area (Å²) in [5.41, 5.74) is 0. The summed E-state index contributed by atoms with van der Waals surface area (Å²) in [6.07, 6.45) is 5.75. The number of carbonyl (C=O) groups excluding carboxylic acids is 1. The molecule has 0 spiro atoms. The van der Waals surface area contributed by atoms with Crippen LogP contribution in [0.5, 0.6) is 0 Å². The smallest absolute Gasteiger partial charge is 0.237 e. The highest BCUT2D eigenvalue weighted by Gasteiger charge is 2.29. The number of nitrogens with one attached hydrogen (secondary N) is 2. The number of hydrogen-bond donors (Lipinski definition) is 2. The van der Waals surface area contributed by atoms with Crippen molar-refractivity contribution >= 4 is 5.91 Å². The molecule has 0 heterocycles. The van der Waals surface area contributed by atoms with Crippen molar-refractivity contribution < 1.29 is 9.53 Å². The normalized spacial score (nSPS) is 26.9. The Hall–Kier alpha value is -0.610. The molecule has 0 aromatic rings. The lowest BCUT2D eigenvalue weighted by Gasteiger charge is -2.24. The van der Waals surface area contributed by atoms with Crippen molar-refractivity contribution in [1.82, 2.24) is 10.6 Å². The Morgan fingerprint density at radius 3 is 2.72 bits per heavy atom. The van der Waals surface area contributed by atoms with E-state index in [2.05, 4.69) is 24.5 Å². The van der Waals surface area contributed by atoms with Gasteiger partial charge in [0.2, 0.25) is 5.91 Å². The average molecular weight is 256 g/mol. The molecule has 1 rings (SSSR count). The van der Waals surface area contributed by atoms with Crippen LogP contribution >= 0.6 is 0 Å². The third-order valence-corrected chi connectivity index (χ3v) is 3.72. The van der Waals surface area contributed by atoms with Gasteiger partial charge in [-0.25, -0.2) is 0 Å². The summed E-state index contributed by atoms with van der Waals surface area (Å²) in [5.74, 6) is 0.0951. The van der Waals surface area contributed by atoms with E-state index in [0.29, 0.717) is 6.04 Å². The molecule has 0 aromatic heterocycles. The number of ether oxygens (including phenoxy) is 1. The van der Waals surface area contributed by atoms with Crippen molar-refractivity contribution in [3.05, 3.63) is 0 Å². The number of carbonyl (C=O) groups is 1. The predicted octanol–water partition coefficient (Wildman–Crippen LogP) is 1.84. The van der Waals surface area contributed by atoms with Crippen LogP contribution in [0.1, 0.15) is 52.9 Å². The van der Waals surface area contributed by atoms with Gasteiger partial charge < -0.3 is 15.4 Å². The molecule has 4 nitrogen and oxygen atoms in total. The summed E-state index contributed by atoms with van der Waals surface area (Å²) < 4.78 is 5.43. The maximum Gasteiger partial charge on any atom is 0.237 e. The van der Waals surface area contributed by atoms with Crippen LogP contribution < -0.4 is 10.6 Å². The van der Waals surface area contributed by atoms with Crippen molar-refractivity contribution in [2.24, 2.45) is 0 Å². The Balaban J connectivity index is 2.35. The van der Waals surface area contributed by atoms with E-state index in [9.17, 15) is 4.79 Å². The van der Waals surface area contributed by atoms with Gasteiger partial charge in [-0.05, 0) is 39.5 Å². The first-order valence-corrected chi connectivity index (χ1v) is 7.17. The van der Waals surface area contributed by atoms with E-state index < -0.39 is 0 Å². The second-order valence-electron chi connectivity index (χ2n) is 5.40.